The number of nitrogens with one attached hydrogen (secondary N) is 3. The maximum Gasteiger partial charge on any atom is 0.243 e. The quantitative estimate of drug-likeness (QED) is 0.335. The van der Waals surface area contributed by atoms with Gasteiger partial charge >= 0.3 is 0 Å². The molecule has 6 atom stereocenters. The zero-order chi connectivity index (χ0) is 34.9. The highest BCUT2D eigenvalue weighted by molar-refractivity contribution is 5.95. The number of nitrogens with zero attached hydrogens (tertiary/aromatic N) is 1. The molecule has 10 heteroatoms. The Morgan fingerprint density at radius 3 is 2.66 bits per heavy atom. The molecule has 2 heterocycles. The zero-order valence-electron chi connectivity index (χ0n) is 29.5. The lowest BCUT2D eigenvalue weighted by Gasteiger charge is -2.34. The summed E-state index contributed by atoms with van der Waals surface area (Å²) in [5, 5.41) is 8.78. The first kappa shape index (κ1) is 35.9. The molecule has 2 aliphatic carbocycles. The maximum absolute atomic E-state index is 14.0. The van der Waals surface area contributed by atoms with Crippen molar-refractivity contribution in [3.8, 4) is 5.75 Å². The molecule has 6 rings (SSSR count). The molecule has 0 radical (unpaired) electrons. The van der Waals surface area contributed by atoms with E-state index < -0.39 is 18.0 Å². The third-order valence-electron chi connectivity index (χ3n) is 11.4. The molecule has 2 aromatic rings. The SMILES string of the molecule is Cc1ccc2cc1CNC(=O)[C@H](CCc1ccccc1)NC(=O)[C@@H](NC(=O)CCOCC1CC3CCC1C3)CC(=O)N1CCCC(CCO2)C1. The molecule has 4 aliphatic rings. The standard InChI is InChI=1S/C40H54N4O6/c1-27-9-13-34-22-32(27)24-41-39(47)35(14-11-28-6-3-2-4-7-28)43-40(48)36(23-38(46)44-17-5-8-29(25-44)15-19-50-34)42-37(45)16-18-49-26-33-21-30-10-12-31(33)20-30/h2-4,6-7,9,13,22,29-31,33,35-36H,5,8,10-12,14-21,23-26H2,1H3,(H,41,47)(H,42,45)(H,43,48)/t29?,30?,31?,33?,35-,36-/m0/s1. The van der Waals surface area contributed by atoms with E-state index in [0.29, 0.717) is 45.1 Å². The topological polar surface area (TPSA) is 126 Å². The van der Waals surface area contributed by atoms with E-state index in [4.69, 9.17) is 9.47 Å². The Kier molecular flexibility index (Phi) is 12.4. The third kappa shape index (κ3) is 9.86. The first-order valence-corrected chi connectivity index (χ1v) is 18.8. The lowest BCUT2D eigenvalue weighted by atomic mass is 9.90. The Morgan fingerprint density at radius 1 is 1.00 bits per heavy atom. The number of fused-ring (bicyclic) bond motifs is 6. The fourth-order valence-corrected chi connectivity index (χ4v) is 8.36. The number of piperidine rings is 1. The van der Waals surface area contributed by atoms with Crippen molar-refractivity contribution < 1.29 is 28.7 Å². The molecule has 4 unspecified atom stereocenters. The minimum Gasteiger partial charge on any atom is -0.494 e. The molecule has 1 saturated heterocycles. The van der Waals surface area contributed by atoms with E-state index in [1.165, 1.54) is 25.7 Å². The van der Waals surface area contributed by atoms with Crippen LogP contribution in [0.25, 0.3) is 0 Å². The van der Waals surface area contributed by atoms with Crippen molar-refractivity contribution in [2.45, 2.75) is 96.2 Å². The predicted molar refractivity (Wildman–Crippen MR) is 190 cm³/mol. The summed E-state index contributed by atoms with van der Waals surface area (Å²) in [5.41, 5.74) is 3.01. The van der Waals surface area contributed by atoms with Gasteiger partial charge in [0.05, 0.1) is 19.6 Å². The van der Waals surface area contributed by atoms with Crippen LogP contribution in [0.5, 0.6) is 5.75 Å². The fraction of sp³-hybridized carbons (Fsp3) is 0.600. The number of carbonyl (C=O) groups is 4. The predicted octanol–water partition coefficient (Wildman–Crippen LogP) is 4.47. The normalized spacial score (nSPS) is 27.5. The Hall–Kier alpha value is -3.92. The average Bonchev–Trinajstić information content (AvgIpc) is 3.76. The molecule has 50 heavy (non-hydrogen) atoms. The van der Waals surface area contributed by atoms with E-state index in [-0.39, 0.29) is 49.6 Å². The van der Waals surface area contributed by atoms with Crippen molar-refractivity contribution >= 4 is 23.6 Å². The molecule has 6 bridgehead atoms. The van der Waals surface area contributed by atoms with Crippen molar-refractivity contribution in [1.29, 1.82) is 0 Å². The smallest absolute Gasteiger partial charge is 0.243 e. The molecule has 3 N–H and O–H groups in total. The second-order valence-corrected chi connectivity index (χ2v) is 15.0. The van der Waals surface area contributed by atoms with Crippen LogP contribution in [0.15, 0.2) is 48.5 Å². The van der Waals surface area contributed by atoms with Crippen LogP contribution < -0.4 is 20.7 Å². The third-order valence-corrected chi connectivity index (χ3v) is 11.4. The Morgan fingerprint density at radius 2 is 1.86 bits per heavy atom. The van der Waals surface area contributed by atoms with E-state index in [0.717, 1.165) is 53.5 Å². The zero-order valence-corrected chi connectivity index (χ0v) is 29.5. The van der Waals surface area contributed by atoms with E-state index in [1.54, 1.807) is 0 Å². The number of benzene rings is 2. The van der Waals surface area contributed by atoms with Crippen molar-refractivity contribution in [1.82, 2.24) is 20.9 Å². The molecule has 3 fully saturated rings. The van der Waals surface area contributed by atoms with Crippen LogP contribution in [-0.2, 0) is 36.9 Å². The molecular weight excluding hydrogens is 632 g/mol. The summed E-state index contributed by atoms with van der Waals surface area (Å²) >= 11 is 0. The number of rotatable bonds is 9. The van der Waals surface area contributed by atoms with Crippen molar-refractivity contribution in [2.24, 2.45) is 23.7 Å². The van der Waals surface area contributed by atoms with Gasteiger partial charge in [-0.3, -0.25) is 19.2 Å². The molecule has 2 aromatic carbocycles. The maximum atomic E-state index is 14.0. The minimum absolute atomic E-state index is 0.0981. The van der Waals surface area contributed by atoms with Gasteiger partial charge < -0.3 is 30.3 Å². The van der Waals surface area contributed by atoms with Crippen LogP contribution in [0.4, 0.5) is 0 Å². The molecule has 2 saturated carbocycles. The summed E-state index contributed by atoms with van der Waals surface area (Å²) < 4.78 is 12.1. The van der Waals surface area contributed by atoms with E-state index in [2.05, 4.69) is 16.0 Å². The van der Waals surface area contributed by atoms with Crippen molar-refractivity contribution in [3.63, 3.8) is 0 Å². The number of ether oxygens (including phenoxy) is 2. The number of carbonyl (C=O) groups excluding carboxylic acids is 4. The second kappa shape index (κ2) is 17.3. The van der Waals surface area contributed by atoms with E-state index in [1.807, 2.05) is 60.4 Å². The molecular formula is C40H54N4O6. The Bertz CT molecular complexity index is 1480. The fourth-order valence-electron chi connectivity index (χ4n) is 8.36. The van der Waals surface area contributed by atoms with Crippen LogP contribution in [-0.4, -0.2) is 73.5 Å². The van der Waals surface area contributed by atoms with Gasteiger partial charge in [-0.2, -0.15) is 0 Å². The number of amides is 4. The molecule has 270 valence electrons. The first-order valence-electron chi connectivity index (χ1n) is 18.8. The van der Waals surface area contributed by atoms with Crippen LogP contribution in [0.1, 0.15) is 80.9 Å². The molecule has 0 spiro atoms. The van der Waals surface area contributed by atoms with Gasteiger partial charge in [0.1, 0.15) is 17.8 Å². The summed E-state index contributed by atoms with van der Waals surface area (Å²) in [6.45, 7) is 4.92. The van der Waals surface area contributed by atoms with Gasteiger partial charge in [-0.15, -0.1) is 0 Å². The monoisotopic (exact) mass is 686 g/mol. The van der Waals surface area contributed by atoms with Crippen molar-refractivity contribution in [3.05, 3.63) is 65.2 Å². The molecule has 10 nitrogen and oxygen atoms in total. The summed E-state index contributed by atoms with van der Waals surface area (Å²) in [4.78, 5) is 56.4. The summed E-state index contributed by atoms with van der Waals surface area (Å²) in [7, 11) is 0. The molecule has 4 amide bonds. The van der Waals surface area contributed by atoms with Gasteiger partial charge in [-0.25, -0.2) is 0 Å². The van der Waals surface area contributed by atoms with Crippen LogP contribution in [0.2, 0.25) is 0 Å². The molecule has 2 aliphatic heterocycles. The number of aryl methyl sites for hydroxylation is 2. The van der Waals surface area contributed by atoms with Gasteiger partial charge in [-0.05, 0) is 111 Å². The summed E-state index contributed by atoms with van der Waals surface area (Å²) in [5.74, 6) is 1.80. The second-order valence-electron chi connectivity index (χ2n) is 15.0. The van der Waals surface area contributed by atoms with Gasteiger partial charge in [0.2, 0.25) is 23.6 Å². The summed E-state index contributed by atoms with van der Waals surface area (Å²) in [6.07, 6.45) is 8.65. The van der Waals surface area contributed by atoms with E-state index >= 15 is 0 Å². The Labute approximate surface area is 296 Å². The first-order chi connectivity index (χ1) is 24.3. The van der Waals surface area contributed by atoms with Crippen molar-refractivity contribution in [2.75, 3.05) is 32.9 Å². The number of hydrogen-bond acceptors (Lipinski definition) is 6. The van der Waals surface area contributed by atoms with Gasteiger partial charge in [0.25, 0.3) is 0 Å². The van der Waals surface area contributed by atoms with E-state index in [9.17, 15) is 19.2 Å². The highest BCUT2D eigenvalue weighted by Gasteiger charge is 2.39. The van der Waals surface area contributed by atoms with Crippen LogP contribution in [0, 0.1) is 30.6 Å². The Balaban J connectivity index is 1.16. The van der Waals surface area contributed by atoms with Crippen LogP contribution in [0.3, 0.4) is 0 Å². The largest absolute Gasteiger partial charge is 0.494 e. The summed E-state index contributed by atoms with van der Waals surface area (Å²) in [6, 6.07) is 13.7. The minimum atomic E-state index is -1.12. The average molecular weight is 687 g/mol. The molecule has 0 aromatic heterocycles. The van der Waals surface area contributed by atoms with Gasteiger partial charge in [0, 0.05) is 32.7 Å². The number of hydrogen-bond donors (Lipinski definition) is 3. The lowest BCUT2D eigenvalue weighted by Crippen LogP contribution is -2.55. The lowest BCUT2D eigenvalue weighted by molar-refractivity contribution is -0.138. The highest BCUT2D eigenvalue weighted by Crippen LogP contribution is 2.48. The highest BCUT2D eigenvalue weighted by atomic mass is 16.5. The van der Waals surface area contributed by atoms with Gasteiger partial charge in [-0.1, -0.05) is 42.8 Å². The van der Waals surface area contributed by atoms with Crippen LogP contribution >= 0.6 is 0 Å². The van der Waals surface area contributed by atoms with Gasteiger partial charge in [0.15, 0.2) is 0 Å².